The molecule has 0 spiro atoms. The molecule has 1 aromatic heterocycles. The molecule has 2 rings (SSSR count). The molecule has 0 aliphatic carbocycles. The molecule has 2 N–H and O–H groups in total. The van der Waals surface area contributed by atoms with Crippen LogP contribution in [0.25, 0.3) is 0 Å². The monoisotopic (exact) mass is 279 g/mol. The predicted octanol–water partition coefficient (Wildman–Crippen LogP) is -0.304. The minimum Gasteiger partial charge on any atom is -0.358 e. The molecule has 0 radical (unpaired) electrons. The molecule has 1 aliphatic heterocycles. The number of hydrogen-bond donors (Lipinski definition) is 2. The van der Waals surface area contributed by atoms with Crippen LogP contribution in [0.4, 0.5) is 17.8 Å². The molecule has 1 amide bonds. The summed E-state index contributed by atoms with van der Waals surface area (Å²) in [6, 6.07) is 0. The van der Waals surface area contributed by atoms with E-state index in [4.69, 9.17) is 0 Å². The van der Waals surface area contributed by atoms with E-state index in [9.17, 15) is 4.79 Å². The van der Waals surface area contributed by atoms with Crippen LogP contribution in [-0.2, 0) is 4.79 Å². The summed E-state index contributed by atoms with van der Waals surface area (Å²) in [7, 11) is 5.17. The molecule has 0 bridgehead atoms. The standard InChI is InChI=1S/C12H21N7O/c1-13-9(20)8-18(3)11-15-10(14-2)16-12(17-11)19-6-4-5-7-19/h4-8H2,1-3H3,(H,13,20)(H,14,15,16,17). The molecule has 0 saturated carbocycles. The number of likely N-dealkylation sites (N-methyl/N-ethyl adjacent to an activating group) is 2. The van der Waals surface area contributed by atoms with Gasteiger partial charge in [0.15, 0.2) is 0 Å². The number of hydrogen-bond acceptors (Lipinski definition) is 7. The van der Waals surface area contributed by atoms with Gasteiger partial charge in [0.1, 0.15) is 0 Å². The second-order valence-electron chi connectivity index (χ2n) is 4.73. The lowest BCUT2D eigenvalue weighted by Crippen LogP contribution is -2.34. The van der Waals surface area contributed by atoms with Gasteiger partial charge >= 0.3 is 0 Å². The van der Waals surface area contributed by atoms with Crippen LogP contribution in [0.2, 0.25) is 0 Å². The third-order valence-corrected chi connectivity index (χ3v) is 3.23. The van der Waals surface area contributed by atoms with Crippen LogP contribution < -0.4 is 20.4 Å². The normalized spacial score (nSPS) is 14.2. The topological polar surface area (TPSA) is 86.3 Å². The molecule has 110 valence electrons. The number of carbonyl (C=O) groups is 1. The number of rotatable bonds is 5. The van der Waals surface area contributed by atoms with Crippen molar-refractivity contribution >= 4 is 23.8 Å². The number of carbonyl (C=O) groups excluding carboxylic acids is 1. The number of nitrogens with one attached hydrogen (secondary N) is 2. The highest BCUT2D eigenvalue weighted by molar-refractivity contribution is 5.80. The van der Waals surface area contributed by atoms with Crippen molar-refractivity contribution in [2.45, 2.75) is 12.8 Å². The van der Waals surface area contributed by atoms with Gasteiger partial charge in [0, 0.05) is 34.2 Å². The van der Waals surface area contributed by atoms with Crippen LogP contribution in [0.5, 0.6) is 0 Å². The summed E-state index contributed by atoms with van der Waals surface area (Å²) >= 11 is 0. The summed E-state index contributed by atoms with van der Waals surface area (Å²) in [4.78, 5) is 28.4. The highest BCUT2D eigenvalue weighted by atomic mass is 16.1. The third kappa shape index (κ3) is 3.25. The van der Waals surface area contributed by atoms with Crippen LogP contribution in [0.1, 0.15) is 12.8 Å². The van der Waals surface area contributed by atoms with E-state index in [1.807, 2.05) is 0 Å². The van der Waals surface area contributed by atoms with Gasteiger partial charge in [-0.3, -0.25) is 4.79 Å². The van der Waals surface area contributed by atoms with Gasteiger partial charge in [0.2, 0.25) is 23.8 Å². The number of amides is 1. The van der Waals surface area contributed by atoms with Crippen LogP contribution in [0, 0.1) is 0 Å². The first kappa shape index (κ1) is 14.3. The van der Waals surface area contributed by atoms with Crippen LogP contribution in [0.3, 0.4) is 0 Å². The van der Waals surface area contributed by atoms with E-state index in [0.29, 0.717) is 17.8 Å². The fourth-order valence-electron chi connectivity index (χ4n) is 2.06. The Hall–Kier alpha value is -2.12. The van der Waals surface area contributed by atoms with Crippen molar-refractivity contribution < 1.29 is 4.79 Å². The Kier molecular flexibility index (Phi) is 4.54. The molecule has 8 heteroatoms. The Labute approximate surface area is 118 Å². The Morgan fingerprint density at radius 3 is 2.55 bits per heavy atom. The minimum absolute atomic E-state index is 0.0818. The number of aromatic nitrogens is 3. The zero-order valence-corrected chi connectivity index (χ0v) is 12.2. The van der Waals surface area contributed by atoms with Crippen molar-refractivity contribution in [2.24, 2.45) is 0 Å². The van der Waals surface area contributed by atoms with E-state index in [0.717, 1.165) is 25.9 Å². The maximum atomic E-state index is 11.4. The quantitative estimate of drug-likeness (QED) is 0.765. The predicted molar refractivity (Wildman–Crippen MR) is 78.2 cm³/mol. The van der Waals surface area contributed by atoms with Crippen LogP contribution in [-0.4, -0.2) is 61.6 Å². The van der Waals surface area contributed by atoms with Gasteiger partial charge in [-0.2, -0.15) is 15.0 Å². The fourth-order valence-corrected chi connectivity index (χ4v) is 2.06. The molecular weight excluding hydrogens is 258 g/mol. The molecular formula is C12H21N7O. The van der Waals surface area contributed by atoms with Crippen molar-refractivity contribution in [3.8, 4) is 0 Å². The van der Waals surface area contributed by atoms with Crippen molar-refractivity contribution in [1.82, 2.24) is 20.3 Å². The zero-order chi connectivity index (χ0) is 14.5. The maximum absolute atomic E-state index is 11.4. The van der Waals surface area contributed by atoms with Crippen LogP contribution >= 0.6 is 0 Å². The molecule has 1 aromatic rings. The zero-order valence-electron chi connectivity index (χ0n) is 12.2. The summed E-state index contributed by atoms with van der Waals surface area (Å²) in [5.41, 5.74) is 0. The summed E-state index contributed by atoms with van der Waals surface area (Å²) in [5, 5.41) is 5.52. The van der Waals surface area contributed by atoms with Gasteiger partial charge in [0.05, 0.1) is 6.54 Å². The first-order valence-corrected chi connectivity index (χ1v) is 6.74. The average molecular weight is 279 g/mol. The largest absolute Gasteiger partial charge is 0.358 e. The molecule has 1 aliphatic rings. The van der Waals surface area contributed by atoms with E-state index in [2.05, 4.69) is 30.5 Å². The van der Waals surface area contributed by atoms with Crippen molar-refractivity contribution in [3.63, 3.8) is 0 Å². The summed E-state index contributed by atoms with van der Waals surface area (Å²) in [6.07, 6.45) is 2.31. The highest BCUT2D eigenvalue weighted by Gasteiger charge is 2.19. The van der Waals surface area contributed by atoms with Gasteiger partial charge in [-0.25, -0.2) is 0 Å². The number of anilines is 3. The van der Waals surface area contributed by atoms with Gasteiger partial charge < -0.3 is 20.4 Å². The molecule has 2 heterocycles. The first-order chi connectivity index (χ1) is 9.63. The van der Waals surface area contributed by atoms with E-state index < -0.39 is 0 Å². The average Bonchev–Trinajstić information content (AvgIpc) is 3.00. The third-order valence-electron chi connectivity index (χ3n) is 3.23. The highest BCUT2D eigenvalue weighted by Crippen LogP contribution is 2.19. The Bertz CT molecular complexity index is 473. The Morgan fingerprint density at radius 1 is 1.25 bits per heavy atom. The van der Waals surface area contributed by atoms with Crippen molar-refractivity contribution in [3.05, 3.63) is 0 Å². The van der Waals surface area contributed by atoms with Crippen molar-refractivity contribution in [2.75, 3.05) is 55.9 Å². The van der Waals surface area contributed by atoms with Crippen molar-refractivity contribution in [1.29, 1.82) is 0 Å². The molecule has 20 heavy (non-hydrogen) atoms. The van der Waals surface area contributed by atoms with Gasteiger partial charge in [-0.15, -0.1) is 0 Å². The Balaban J connectivity index is 2.22. The second-order valence-corrected chi connectivity index (χ2v) is 4.73. The molecule has 0 atom stereocenters. The smallest absolute Gasteiger partial charge is 0.239 e. The van der Waals surface area contributed by atoms with Gasteiger partial charge in [-0.1, -0.05) is 0 Å². The molecule has 1 fully saturated rings. The lowest BCUT2D eigenvalue weighted by molar-refractivity contribution is -0.119. The first-order valence-electron chi connectivity index (χ1n) is 6.74. The van der Waals surface area contributed by atoms with E-state index in [1.165, 1.54) is 0 Å². The summed E-state index contributed by atoms with van der Waals surface area (Å²) in [6.45, 7) is 2.14. The minimum atomic E-state index is -0.0818. The van der Waals surface area contributed by atoms with Gasteiger partial charge in [0.25, 0.3) is 0 Å². The summed E-state index contributed by atoms with van der Waals surface area (Å²) in [5.74, 6) is 1.60. The maximum Gasteiger partial charge on any atom is 0.239 e. The molecule has 8 nitrogen and oxygen atoms in total. The van der Waals surface area contributed by atoms with Crippen LogP contribution in [0.15, 0.2) is 0 Å². The van der Waals surface area contributed by atoms with E-state index in [1.54, 1.807) is 26.0 Å². The summed E-state index contributed by atoms with van der Waals surface area (Å²) < 4.78 is 0. The van der Waals surface area contributed by atoms with E-state index >= 15 is 0 Å². The molecule has 0 unspecified atom stereocenters. The SMILES string of the molecule is CNC(=O)CN(C)c1nc(NC)nc(N2CCCC2)n1. The second kappa shape index (κ2) is 6.36. The number of nitrogens with zero attached hydrogens (tertiary/aromatic N) is 5. The molecule has 0 aromatic carbocycles. The lowest BCUT2D eigenvalue weighted by atomic mass is 10.4. The lowest BCUT2D eigenvalue weighted by Gasteiger charge is -2.20. The Morgan fingerprint density at radius 2 is 1.95 bits per heavy atom. The fraction of sp³-hybridized carbons (Fsp3) is 0.667. The molecule has 1 saturated heterocycles. The van der Waals surface area contributed by atoms with E-state index in [-0.39, 0.29) is 12.5 Å². The van der Waals surface area contributed by atoms with Gasteiger partial charge in [-0.05, 0) is 12.8 Å².